The van der Waals surface area contributed by atoms with Gasteiger partial charge in [-0.2, -0.15) is 0 Å². The number of pyridine rings is 1. The van der Waals surface area contributed by atoms with Gasteiger partial charge in [0.1, 0.15) is 23.8 Å². The highest BCUT2D eigenvalue weighted by Gasteiger charge is 2.07. The predicted molar refractivity (Wildman–Crippen MR) is 133 cm³/mol. The molecule has 2 aromatic carbocycles. The van der Waals surface area contributed by atoms with Crippen molar-refractivity contribution < 1.29 is 4.79 Å². The van der Waals surface area contributed by atoms with Crippen LogP contribution in [-0.2, 0) is 0 Å². The van der Waals surface area contributed by atoms with E-state index in [0.29, 0.717) is 22.9 Å². The monoisotopic (exact) mass is 439 g/mol. The van der Waals surface area contributed by atoms with Crippen molar-refractivity contribution in [1.29, 1.82) is 0 Å². The maximum Gasteiger partial charge on any atom is 0.255 e. The van der Waals surface area contributed by atoms with Crippen LogP contribution in [0.3, 0.4) is 0 Å². The van der Waals surface area contributed by atoms with E-state index in [2.05, 4.69) is 30.9 Å². The minimum atomic E-state index is -0.155. The molecule has 0 saturated heterocycles. The minimum Gasteiger partial charge on any atom is -0.378 e. The normalized spacial score (nSPS) is 10.4. The van der Waals surface area contributed by atoms with Gasteiger partial charge in [-0.1, -0.05) is 0 Å². The number of nitrogens with zero attached hydrogens (tertiary/aromatic N) is 4. The quantitative estimate of drug-likeness (QED) is 0.374. The fraction of sp³-hybridized carbons (Fsp3) is 0.120. The summed E-state index contributed by atoms with van der Waals surface area (Å²) in [5.74, 6) is 1.83. The summed E-state index contributed by atoms with van der Waals surface area (Å²) >= 11 is 0. The summed E-state index contributed by atoms with van der Waals surface area (Å²) in [7, 11) is 3.93. The number of hydrogen-bond acceptors (Lipinski definition) is 7. The van der Waals surface area contributed by atoms with E-state index in [4.69, 9.17) is 0 Å². The van der Waals surface area contributed by atoms with E-state index in [1.807, 2.05) is 86.6 Å². The zero-order chi connectivity index (χ0) is 23.2. The first-order chi connectivity index (χ1) is 16.0. The number of hydrogen-bond donors (Lipinski definition) is 3. The van der Waals surface area contributed by atoms with Crippen LogP contribution in [0.15, 0.2) is 79.3 Å². The Kier molecular flexibility index (Phi) is 6.45. The highest BCUT2D eigenvalue weighted by atomic mass is 16.1. The van der Waals surface area contributed by atoms with Gasteiger partial charge in [-0.3, -0.25) is 4.79 Å². The van der Waals surface area contributed by atoms with E-state index in [1.54, 1.807) is 12.3 Å². The first-order valence-electron chi connectivity index (χ1n) is 10.4. The molecule has 8 heteroatoms. The van der Waals surface area contributed by atoms with Crippen molar-refractivity contribution in [1.82, 2.24) is 15.0 Å². The number of carbonyl (C=O) groups excluding carboxylic acids is 1. The molecule has 33 heavy (non-hydrogen) atoms. The fourth-order valence-electron chi connectivity index (χ4n) is 3.13. The lowest BCUT2D eigenvalue weighted by molar-refractivity contribution is 0.102. The zero-order valence-corrected chi connectivity index (χ0v) is 18.7. The van der Waals surface area contributed by atoms with Gasteiger partial charge in [0.2, 0.25) is 0 Å². The number of benzene rings is 2. The average Bonchev–Trinajstić information content (AvgIpc) is 2.81. The summed E-state index contributed by atoms with van der Waals surface area (Å²) < 4.78 is 0. The standard InChI is InChI=1S/C25H25N7O/c1-17-12-13-26-22(14-17)31-24-15-23(27-16-28-24)29-19-6-8-20(9-7-19)30-25(33)18-4-10-21(11-5-18)32(2)3/h4-16H,1-3H3,(H,30,33)(H2,26,27,28,29,31). The molecule has 2 heterocycles. The number of carbonyl (C=O) groups is 1. The SMILES string of the molecule is Cc1ccnc(Nc2cc(Nc3ccc(NC(=O)c4ccc(N(C)C)cc4)cc3)ncn2)c1. The lowest BCUT2D eigenvalue weighted by Gasteiger charge is -2.13. The maximum absolute atomic E-state index is 12.5. The molecule has 2 aromatic heterocycles. The van der Waals surface area contributed by atoms with Crippen LogP contribution >= 0.6 is 0 Å². The Labute approximate surface area is 192 Å². The molecule has 0 fully saturated rings. The molecule has 3 N–H and O–H groups in total. The smallest absolute Gasteiger partial charge is 0.255 e. The molecule has 0 bridgehead atoms. The number of aryl methyl sites for hydroxylation is 1. The Hall–Kier alpha value is -4.46. The summed E-state index contributed by atoms with van der Waals surface area (Å²) in [6.45, 7) is 2.01. The highest BCUT2D eigenvalue weighted by molar-refractivity contribution is 6.04. The van der Waals surface area contributed by atoms with Gasteiger partial charge in [-0.15, -0.1) is 0 Å². The van der Waals surface area contributed by atoms with Crippen molar-refractivity contribution in [3.63, 3.8) is 0 Å². The Balaban J connectivity index is 1.38. The van der Waals surface area contributed by atoms with Crippen LogP contribution in [0.4, 0.5) is 34.5 Å². The number of amides is 1. The average molecular weight is 440 g/mol. The molecule has 0 aliphatic carbocycles. The van der Waals surface area contributed by atoms with Gasteiger partial charge >= 0.3 is 0 Å². The van der Waals surface area contributed by atoms with E-state index in [9.17, 15) is 4.79 Å². The molecule has 0 unspecified atom stereocenters. The lowest BCUT2D eigenvalue weighted by Crippen LogP contribution is -2.13. The van der Waals surface area contributed by atoms with E-state index in [-0.39, 0.29) is 5.91 Å². The number of nitrogens with one attached hydrogen (secondary N) is 3. The van der Waals surface area contributed by atoms with Crippen molar-refractivity contribution in [3.8, 4) is 0 Å². The van der Waals surface area contributed by atoms with E-state index in [0.717, 1.165) is 22.8 Å². The molecular weight excluding hydrogens is 414 g/mol. The number of anilines is 6. The predicted octanol–water partition coefficient (Wildman–Crippen LogP) is 4.99. The van der Waals surface area contributed by atoms with Crippen molar-refractivity contribution in [3.05, 3.63) is 90.4 Å². The molecule has 8 nitrogen and oxygen atoms in total. The lowest BCUT2D eigenvalue weighted by atomic mass is 10.2. The van der Waals surface area contributed by atoms with Gasteiger partial charge in [0.25, 0.3) is 5.91 Å². The third-order valence-corrected chi connectivity index (χ3v) is 4.90. The summed E-state index contributed by atoms with van der Waals surface area (Å²) in [5.41, 5.74) is 4.30. The van der Waals surface area contributed by atoms with Gasteiger partial charge < -0.3 is 20.9 Å². The van der Waals surface area contributed by atoms with E-state index in [1.165, 1.54) is 6.33 Å². The second-order valence-corrected chi connectivity index (χ2v) is 7.73. The number of rotatable bonds is 7. The Morgan fingerprint density at radius 1 is 0.758 bits per heavy atom. The molecule has 0 atom stereocenters. The van der Waals surface area contributed by atoms with Crippen molar-refractivity contribution in [2.75, 3.05) is 34.9 Å². The van der Waals surface area contributed by atoms with Gasteiger partial charge in [-0.25, -0.2) is 15.0 Å². The first kappa shape index (κ1) is 21.8. The first-order valence-corrected chi connectivity index (χ1v) is 10.4. The molecule has 0 aliphatic rings. The molecular formula is C25H25N7O. The van der Waals surface area contributed by atoms with Gasteiger partial charge in [0.05, 0.1) is 0 Å². The molecule has 1 amide bonds. The summed E-state index contributed by atoms with van der Waals surface area (Å²) in [6.07, 6.45) is 3.23. The Bertz CT molecular complexity index is 1240. The molecule has 0 radical (unpaired) electrons. The van der Waals surface area contributed by atoms with Crippen molar-refractivity contribution >= 4 is 40.4 Å². The summed E-state index contributed by atoms with van der Waals surface area (Å²) in [6, 6.07) is 20.6. The second-order valence-electron chi connectivity index (χ2n) is 7.73. The van der Waals surface area contributed by atoms with Crippen LogP contribution in [0.2, 0.25) is 0 Å². The third kappa shape index (κ3) is 5.82. The van der Waals surface area contributed by atoms with Crippen molar-refractivity contribution in [2.45, 2.75) is 6.92 Å². The van der Waals surface area contributed by atoms with Crippen LogP contribution in [0.1, 0.15) is 15.9 Å². The second kappa shape index (κ2) is 9.78. The minimum absolute atomic E-state index is 0.155. The highest BCUT2D eigenvalue weighted by Crippen LogP contribution is 2.21. The van der Waals surface area contributed by atoms with Crippen LogP contribution in [0.25, 0.3) is 0 Å². The largest absolute Gasteiger partial charge is 0.378 e. The van der Waals surface area contributed by atoms with Crippen LogP contribution < -0.4 is 20.9 Å². The summed E-state index contributed by atoms with van der Waals surface area (Å²) in [4.78, 5) is 27.3. The van der Waals surface area contributed by atoms with Crippen LogP contribution in [0.5, 0.6) is 0 Å². The molecule has 4 aromatic rings. The van der Waals surface area contributed by atoms with Crippen LogP contribution in [-0.4, -0.2) is 35.0 Å². The Morgan fingerprint density at radius 2 is 1.39 bits per heavy atom. The summed E-state index contributed by atoms with van der Waals surface area (Å²) in [5, 5.41) is 9.33. The topological polar surface area (TPSA) is 95.1 Å². The maximum atomic E-state index is 12.5. The molecule has 4 rings (SSSR count). The third-order valence-electron chi connectivity index (χ3n) is 4.90. The number of aromatic nitrogens is 3. The molecule has 0 aliphatic heterocycles. The molecule has 166 valence electrons. The van der Waals surface area contributed by atoms with E-state index >= 15 is 0 Å². The van der Waals surface area contributed by atoms with Gasteiger partial charge in [-0.05, 0) is 73.2 Å². The van der Waals surface area contributed by atoms with Gasteiger partial charge in [0, 0.05) is 49.0 Å². The van der Waals surface area contributed by atoms with E-state index < -0.39 is 0 Å². The van der Waals surface area contributed by atoms with Crippen molar-refractivity contribution in [2.24, 2.45) is 0 Å². The van der Waals surface area contributed by atoms with Gasteiger partial charge in [0.15, 0.2) is 0 Å². The fourth-order valence-corrected chi connectivity index (χ4v) is 3.13. The zero-order valence-electron chi connectivity index (χ0n) is 18.7. The molecule has 0 saturated carbocycles. The molecule has 0 spiro atoms. The Morgan fingerprint density at radius 3 is 2.06 bits per heavy atom. The van der Waals surface area contributed by atoms with Crippen LogP contribution in [0, 0.1) is 6.92 Å².